The van der Waals surface area contributed by atoms with Gasteiger partial charge in [0.05, 0.1) is 11.4 Å². The zero-order valence-corrected chi connectivity index (χ0v) is 31.1. The highest BCUT2D eigenvalue weighted by atomic mass is 16.3. The maximum absolute atomic E-state index is 6.38. The second-order valence-corrected chi connectivity index (χ2v) is 15.4. The first-order chi connectivity index (χ1) is 27.5. The monoisotopic (exact) mass is 716 g/mol. The summed E-state index contributed by atoms with van der Waals surface area (Å²) in [4.78, 5) is 10.6. The summed E-state index contributed by atoms with van der Waals surface area (Å²) in [6.07, 6.45) is 0. The highest BCUT2D eigenvalue weighted by Crippen LogP contribution is 2.50. The van der Waals surface area contributed by atoms with Crippen LogP contribution in [-0.4, -0.2) is 9.97 Å². The molecule has 0 saturated carbocycles. The number of benzene rings is 8. The number of furan rings is 1. The summed E-state index contributed by atoms with van der Waals surface area (Å²) in [6, 6.07) is 64.9. The van der Waals surface area contributed by atoms with Gasteiger partial charge in [-0.2, -0.15) is 0 Å². The molecule has 0 bridgehead atoms. The van der Waals surface area contributed by atoms with Crippen LogP contribution in [0.3, 0.4) is 0 Å². The lowest BCUT2D eigenvalue weighted by molar-refractivity contribution is 0.660. The Kier molecular flexibility index (Phi) is 7.20. The zero-order chi connectivity index (χ0) is 37.4. The lowest BCUT2D eigenvalue weighted by atomic mass is 9.82. The van der Waals surface area contributed by atoms with Gasteiger partial charge >= 0.3 is 0 Å². The van der Waals surface area contributed by atoms with E-state index >= 15 is 0 Å². The highest BCUT2D eigenvalue weighted by molar-refractivity contribution is 6.13. The lowest BCUT2D eigenvalue weighted by Gasteiger charge is -2.22. The van der Waals surface area contributed by atoms with Crippen LogP contribution in [0, 0.1) is 0 Å². The van der Waals surface area contributed by atoms with Crippen LogP contribution in [0.1, 0.15) is 25.0 Å². The first-order valence-corrected chi connectivity index (χ1v) is 19.2. The number of rotatable bonds is 5. The van der Waals surface area contributed by atoms with Gasteiger partial charge in [0.2, 0.25) is 0 Å². The smallest absolute Gasteiger partial charge is 0.160 e. The number of aromatic nitrogens is 2. The summed E-state index contributed by atoms with van der Waals surface area (Å²) in [5, 5.41) is 4.63. The molecule has 264 valence electrons. The Morgan fingerprint density at radius 3 is 1.88 bits per heavy atom. The number of hydrogen-bond acceptors (Lipinski definition) is 3. The normalized spacial score (nSPS) is 13.0. The Morgan fingerprint density at radius 1 is 0.393 bits per heavy atom. The van der Waals surface area contributed by atoms with Crippen LogP contribution in [0.2, 0.25) is 0 Å². The molecule has 0 saturated heterocycles. The molecule has 0 N–H and O–H groups in total. The molecule has 0 aliphatic heterocycles. The Hall–Kier alpha value is -7.10. The number of hydrogen-bond donors (Lipinski definition) is 0. The average Bonchev–Trinajstić information content (AvgIpc) is 3.75. The van der Waals surface area contributed by atoms with E-state index in [1.54, 1.807) is 0 Å². The maximum atomic E-state index is 6.38. The van der Waals surface area contributed by atoms with Gasteiger partial charge in [0, 0.05) is 32.9 Å². The van der Waals surface area contributed by atoms with Gasteiger partial charge in [-0.3, -0.25) is 0 Å². The molecule has 10 aromatic rings. The van der Waals surface area contributed by atoms with Crippen LogP contribution in [0.5, 0.6) is 0 Å². The molecule has 11 rings (SSSR count). The zero-order valence-electron chi connectivity index (χ0n) is 31.1. The topological polar surface area (TPSA) is 38.9 Å². The van der Waals surface area contributed by atoms with Crippen molar-refractivity contribution in [3.63, 3.8) is 0 Å². The molecule has 3 heteroatoms. The first kappa shape index (κ1) is 32.3. The predicted octanol–water partition coefficient (Wildman–Crippen LogP) is 14.2. The van der Waals surface area contributed by atoms with Gasteiger partial charge in [0.25, 0.3) is 0 Å². The van der Waals surface area contributed by atoms with Crippen molar-refractivity contribution in [2.75, 3.05) is 0 Å². The van der Waals surface area contributed by atoms with Crippen molar-refractivity contribution in [1.29, 1.82) is 0 Å². The molecular formula is C53H36N2O. The number of fused-ring (bicyclic) bond motifs is 7. The molecule has 8 aromatic carbocycles. The van der Waals surface area contributed by atoms with Gasteiger partial charge < -0.3 is 4.42 Å². The third-order valence-corrected chi connectivity index (χ3v) is 11.7. The minimum atomic E-state index is -0.125. The standard InChI is InChI=1S/C53H36N2O/c1-53(2)45-23-10-8-19-42(45)43-27-26-35(31-46(43)53)47-32-48(55-52(54-47)34-15-4-3-5-16-34)38-29-36(40-21-12-17-33-14-6-7-18-39(33)40)28-37(30-38)41-22-13-25-50-51(41)44-20-9-11-24-49(44)56-50/h3-32H,1-2H3. The Morgan fingerprint density at radius 2 is 1.00 bits per heavy atom. The van der Waals surface area contributed by atoms with Crippen LogP contribution >= 0.6 is 0 Å². The summed E-state index contributed by atoms with van der Waals surface area (Å²) in [7, 11) is 0. The van der Waals surface area contributed by atoms with E-state index in [-0.39, 0.29) is 5.41 Å². The summed E-state index contributed by atoms with van der Waals surface area (Å²) in [5.74, 6) is 0.696. The second-order valence-electron chi connectivity index (χ2n) is 15.4. The molecule has 1 aliphatic carbocycles. The molecule has 56 heavy (non-hydrogen) atoms. The van der Waals surface area contributed by atoms with Crippen LogP contribution in [0.4, 0.5) is 0 Å². The molecule has 2 heterocycles. The fourth-order valence-electron chi connectivity index (χ4n) is 8.90. The second kappa shape index (κ2) is 12.5. The maximum Gasteiger partial charge on any atom is 0.160 e. The number of nitrogens with zero attached hydrogens (tertiary/aromatic N) is 2. The quantitative estimate of drug-likeness (QED) is 0.178. The molecule has 0 amide bonds. The Balaban J connectivity index is 1.16. The SMILES string of the molecule is CC1(C)c2ccccc2-c2ccc(-c3cc(-c4cc(-c5cccc6ccccc56)cc(-c5cccc6oc7ccccc7c56)c4)nc(-c4ccccc4)n3)cc21. The third kappa shape index (κ3) is 5.12. The summed E-state index contributed by atoms with van der Waals surface area (Å²) in [6.45, 7) is 4.65. The molecule has 0 radical (unpaired) electrons. The molecule has 0 fully saturated rings. The molecule has 0 unspecified atom stereocenters. The molecule has 2 aromatic heterocycles. The summed E-state index contributed by atoms with van der Waals surface area (Å²) in [5.41, 5.74) is 16.3. The van der Waals surface area contributed by atoms with Crippen molar-refractivity contribution in [3.8, 4) is 67.3 Å². The molecular weight excluding hydrogens is 681 g/mol. The van der Waals surface area contributed by atoms with E-state index in [1.807, 2.05) is 18.2 Å². The molecule has 3 nitrogen and oxygen atoms in total. The van der Waals surface area contributed by atoms with Crippen molar-refractivity contribution in [2.24, 2.45) is 0 Å². The van der Waals surface area contributed by atoms with E-state index in [9.17, 15) is 0 Å². The van der Waals surface area contributed by atoms with Gasteiger partial charge in [-0.1, -0.05) is 153 Å². The molecule has 0 spiro atoms. The molecule has 0 atom stereocenters. The van der Waals surface area contributed by atoms with Gasteiger partial charge in [-0.25, -0.2) is 9.97 Å². The largest absolute Gasteiger partial charge is 0.456 e. The third-order valence-electron chi connectivity index (χ3n) is 11.7. The van der Waals surface area contributed by atoms with E-state index in [4.69, 9.17) is 14.4 Å². The average molecular weight is 717 g/mol. The van der Waals surface area contributed by atoms with E-state index in [0.717, 1.165) is 66.7 Å². The lowest BCUT2D eigenvalue weighted by Crippen LogP contribution is -2.14. The predicted molar refractivity (Wildman–Crippen MR) is 232 cm³/mol. The van der Waals surface area contributed by atoms with Crippen molar-refractivity contribution in [3.05, 3.63) is 193 Å². The van der Waals surface area contributed by atoms with Gasteiger partial charge in [-0.05, 0) is 97.7 Å². The van der Waals surface area contributed by atoms with Crippen molar-refractivity contribution in [2.45, 2.75) is 19.3 Å². The van der Waals surface area contributed by atoms with Gasteiger partial charge in [0.15, 0.2) is 5.82 Å². The minimum absolute atomic E-state index is 0.125. The summed E-state index contributed by atoms with van der Waals surface area (Å²) >= 11 is 0. The van der Waals surface area contributed by atoms with E-state index in [2.05, 4.69) is 178 Å². The van der Waals surface area contributed by atoms with Crippen LogP contribution in [-0.2, 0) is 5.41 Å². The molecule has 1 aliphatic rings. The van der Waals surface area contributed by atoms with Crippen molar-refractivity contribution in [1.82, 2.24) is 9.97 Å². The Labute approximate surface area is 325 Å². The Bertz CT molecular complexity index is 3170. The van der Waals surface area contributed by atoms with Crippen LogP contribution in [0.25, 0.3) is 100.0 Å². The van der Waals surface area contributed by atoms with Gasteiger partial charge in [-0.15, -0.1) is 0 Å². The van der Waals surface area contributed by atoms with Crippen molar-refractivity contribution >= 4 is 32.7 Å². The fraction of sp³-hybridized carbons (Fsp3) is 0.0566. The van der Waals surface area contributed by atoms with E-state index in [0.29, 0.717) is 5.82 Å². The fourth-order valence-corrected chi connectivity index (χ4v) is 8.90. The van der Waals surface area contributed by atoms with Gasteiger partial charge in [0.1, 0.15) is 11.2 Å². The highest BCUT2D eigenvalue weighted by Gasteiger charge is 2.35. The summed E-state index contributed by atoms with van der Waals surface area (Å²) < 4.78 is 6.38. The minimum Gasteiger partial charge on any atom is -0.456 e. The van der Waals surface area contributed by atoms with Crippen LogP contribution < -0.4 is 0 Å². The first-order valence-electron chi connectivity index (χ1n) is 19.2. The number of para-hydroxylation sites is 1. The van der Waals surface area contributed by atoms with E-state index in [1.165, 1.54) is 38.6 Å². The van der Waals surface area contributed by atoms with Crippen LogP contribution in [0.15, 0.2) is 186 Å². The van der Waals surface area contributed by atoms with Crippen molar-refractivity contribution < 1.29 is 4.42 Å². The van der Waals surface area contributed by atoms with E-state index < -0.39 is 0 Å².